The van der Waals surface area contributed by atoms with Crippen LogP contribution < -0.4 is 14.5 Å². The van der Waals surface area contributed by atoms with Gasteiger partial charge in [0.25, 0.3) is 11.5 Å². The topological polar surface area (TPSA) is 102 Å². The summed E-state index contributed by atoms with van der Waals surface area (Å²) >= 11 is 5.89. The fourth-order valence-corrected chi connectivity index (χ4v) is 2.44. The molecule has 1 N–H and O–H groups in total. The molecule has 1 atom stereocenters. The van der Waals surface area contributed by atoms with Crippen molar-refractivity contribution in [2.24, 2.45) is 0 Å². The van der Waals surface area contributed by atoms with Gasteiger partial charge < -0.3 is 20.0 Å². The molecule has 3 rings (SSSR count). The van der Waals surface area contributed by atoms with E-state index in [-0.39, 0.29) is 11.5 Å². The van der Waals surface area contributed by atoms with Crippen LogP contribution in [0.4, 0.5) is 11.6 Å². The van der Waals surface area contributed by atoms with Crippen molar-refractivity contribution < 1.29 is 19.5 Å². The molecule has 9 heteroatoms. The molecule has 1 aromatic heterocycles. The molecule has 8 nitrogen and oxygen atoms in total. The number of ether oxygens (including phenoxy) is 1. The zero-order chi connectivity index (χ0) is 18.8. The van der Waals surface area contributed by atoms with Crippen LogP contribution >= 0.6 is 11.6 Å². The number of hydrogen-bond donors (Lipinski definition) is 1. The summed E-state index contributed by atoms with van der Waals surface area (Å²) in [6.45, 7) is 1.45. The van der Waals surface area contributed by atoms with Crippen molar-refractivity contribution in [2.45, 2.75) is 13.0 Å². The molecule has 0 saturated heterocycles. The minimum Gasteiger partial charge on any atom is -0.594 e. The Labute approximate surface area is 153 Å². The third-order valence-electron chi connectivity index (χ3n) is 3.73. The first kappa shape index (κ1) is 17.7. The molecule has 0 aliphatic rings. The van der Waals surface area contributed by atoms with Crippen LogP contribution in [-0.4, -0.2) is 34.3 Å². The van der Waals surface area contributed by atoms with Crippen LogP contribution in [0.3, 0.4) is 0 Å². The van der Waals surface area contributed by atoms with E-state index in [2.05, 4.69) is 10.1 Å². The van der Waals surface area contributed by atoms with Gasteiger partial charge in [-0.1, -0.05) is 11.6 Å². The molecule has 0 radical (unpaired) electrons. The summed E-state index contributed by atoms with van der Waals surface area (Å²) in [4.78, 5) is 17.3. The second-order valence-electron chi connectivity index (χ2n) is 5.57. The van der Waals surface area contributed by atoms with E-state index in [1.807, 2.05) is 0 Å². The number of carbonyl (C=O) groups is 1. The van der Waals surface area contributed by atoms with E-state index < -0.39 is 12.1 Å². The normalized spacial score (nSPS) is 12.0. The molecule has 1 heterocycles. The monoisotopic (exact) mass is 374 g/mol. The highest BCUT2D eigenvalue weighted by atomic mass is 35.5. The Kier molecular flexibility index (Phi) is 4.77. The van der Waals surface area contributed by atoms with Gasteiger partial charge in [-0.05, 0) is 48.2 Å². The lowest BCUT2D eigenvalue weighted by molar-refractivity contribution is -0.641. The smallest absolute Gasteiger partial charge is 0.344 e. The second-order valence-corrected chi connectivity index (χ2v) is 6.01. The summed E-state index contributed by atoms with van der Waals surface area (Å²) in [5.41, 5.74) is 1.45. The number of carboxylic acids is 1. The van der Waals surface area contributed by atoms with E-state index in [4.69, 9.17) is 21.4 Å². The van der Waals surface area contributed by atoms with Crippen molar-refractivity contribution >= 4 is 40.2 Å². The summed E-state index contributed by atoms with van der Waals surface area (Å²) in [7, 11) is 1.72. The first-order valence-corrected chi connectivity index (χ1v) is 8.03. The van der Waals surface area contributed by atoms with Crippen LogP contribution in [-0.2, 0) is 4.79 Å². The van der Waals surface area contributed by atoms with Crippen molar-refractivity contribution in [3.8, 4) is 5.75 Å². The SMILES string of the molecule is CC(Oc1ccc(N(C)c2nc3ccc(Cl)cc3[n+]([O-])n2)cc1)C(=O)O. The number of aromatic nitrogens is 3. The van der Waals surface area contributed by atoms with Gasteiger partial charge >= 0.3 is 5.97 Å². The van der Waals surface area contributed by atoms with Gasteiger partial charge in [-0.3, -0.25) is 0 Å². The van der Waals surface area contributed by atoms with Crippen LogP contribution in [0.1, 0.15) is 6.92 Å². The van der Waals surface area contributed by atoms with Gasteiger partial charge in [-0.25, -0.2) is 9.78 Å². The fourth-order valence-electron chi connectivity index (χ4n) is 2.27. The Balaban J connectivity index is 1.87. The Morgan fingerprint density at radius 2 is 2.00 bits per heavy atom. The third-order valence-corrected chi connectivity index (χ3v) is 3.96. The van der Waals surface area contributed by atoms with Gasteiger partial charge in [0.1, 0.15) is 11.3 Å². The molecule has 0 aliphatic heterocycles. The predicted octanol–water partition coefficient (Wildman–Crippen LogP) is 2.54. The summed E-state index contributed by atoms with van der Waals surface area (Å²) < 4.78 is 5.29. The molecule has 0 fully saturated rings. The largest absolute Gasteiger partial charge is 0.594 e. The number of fused-ring (bicyclic) bond motifs is 1. The summed E-state index contributed by atoms with van der Waals surface area (Å²) in [5, 5.41) is 25.4. The van der Waals surface area contributed by atoms with Gasteiger partial charge in [0, 0.05) is 23.8 Å². The van der Waals surface area contributed by atoms with Crippen molar-refractivity contribution in [3.63, 3.8) is 0 Å². The quantitative estimate of drug-likeness (QED) is 0.540. The maximum absolute atomic E-state index is 12.1. The van der Waals surface area contributed by atoms with E-state index in [1.165, 1.54) is 13.0 Å². The highest BCUT2D eigenvalue weighted by Crippen LogP contribution is 2.24. The Morgan fingerprint density at radius 3 is 2.65 bits per heavy atom. The van der Waals surface area contributed by atoms with Crippen LogP contribution in [0.15, 0.2) is 42.5 Å². The molecule has 0 saturated carbocycles. The molecule has 134 valence electrons. The number of aliphatic carboxylic acids is 1. The van der Waals surface area contributed by atoms with Crippen molar-refractivity contribution in [1.29, 1.82) is 0 Å². The Bertz CT molecular complexity index is 965. The lowest BCUT2D eigenvalue weighted by Crippen LogP contribution is -2.34. The van der Waals surface area contributed by atoms with Gasteiger partial charge in [0.15, 0.2) is 6.10 Å². The first-order chi connectivity index (χ1) is 12.3. The molecular weight excluding hydrogens is 360 g/mol. The molecule has 0 aliphatic carbocycles. The molecule has 2 aromatic carbocycles. The second kappa shape index (κ2) is 7.01. The summed E-state index contributed by atoms with van der Waals surface area (Å²) in [6.07, 6.45) is -0.950. The number of rotatable bonds is 5. The number of halogens is 1. The number of nitrogens with zero attached hydrogens (tertiary/aromatic N) is 4. The van der Waals surface area contributed by atoms with Crippen molar-refractivity contribution in [2.75, 3.05) is 11.9 Å². The molecular formula is C17H15ClN4O4. The van der Waals surface area contributed by atoms with E-state index in [9.17, 15) is 10.0 Å². The predicted molar refractivity (Wildman–Crippen MR) is 95.7 cm³/mol. The fraction of sp³-hybridized carbons (Fsp3) is 0.176. The lowest BCUT2D eigenvalue weighted by atomic mass is 10.3. The van der Waals surface area contributed by atoms with Gasteiger partial charge in [-0.15, -0.1) is 0 Å². The zero-order valence-electron chi connectivity index (χ0n) is 14.0. The molecule has 0 amide bonds. The van der Waals surface area contributed by atoms with Crippen LogP contribution in [0.25, 0.3) is 11.0 Å². The minimum atomic E-state index is -1.05. The molecule has 0 bridgehead atoms. The zero-order valence-corrected chi connectivity index (χ0v) is 14.7. The first-order valence-electron chi connectivity index (χ1n) is 7.65. The minimum absolute atomic E-state index is 0.211. The molecule has 26 heavy (non-hydrogen) atoms. The van der Waals surface area contributed by atoms with Crippen LogP contribution in [0, 0.1) is 5.21 Å². The highest BCUT2D eigenvalue weighted by Gasteiger charge is 2.17. The number of hydrogen-bond acceptors (Lipinski definition) is 6. The Hall–Kier alpha value is -3.13. The maximum Gasteiger partial charge on any atom is 0.344 e. The number of benzene rings is 2. The van der Waals surface area contributed by atoms with E-state index in [1.54, 1.807) is 48.3 Å². The van der Waals surface area contributed by atoms with E-state index in [0.29, 0.717) is 26.8 Å². The van der Waals surface area contributed by atoms with Crippen LogP contribution in [0.2, 0.25) is 5.02 Å². The van der Waals surface area contributed by atoms with Crippen LogP contribution in [0.5, 0.6) is 5.75 Å². The average molecular weight is 375 g/mol. The lowest BCUT2D eigenvalue weighted by Gasteiger charge is -2.17. The van der Waals surface area contributed by atoms with Gasteiger partial charge in [0.05, 0.1) is 5.10 Å². The standard InChI is InChI=1S/C17H15ClN4O4/c1-10(16(23)24)26-13-6-4-12(5-7-13)21(2)17-19-14-8-3-11(18)9-15(14)22(25)20-17/h3-10H,1-2H3,(H,23,24). The Morgan fingerprint density at radius 1 is 1.31 bits per heavy atom. The van der Waals surface area contributed by atoms with E-state index >= 15 is 0 Å². The maximum atomic E-state index is 12.1. The third kappa shape index (κ3) is 3.60. The van der Waals surface area contributed by atoms with E-state index in [0.717, 1.165) is 0 Å². The summed E-state index contributed by atoms with van der Waals surface area (Å²) in [6, 6.07) is 11.5. The van der Waals surface area contributed by atoms with Gasteiger partial charge in [0.2, 0.25) is 0 Å². The van der Waals surface area contributed by atoms with Gasteiger partial charge in [-0.2, -0.15) is 0 Å². The average Bonchev–Trinajstić information content (AvgIpc) is 2.62. The number of anilines is 2. The highest BCUT2D eigenvalue weighted by molar-refractivity contribution is 6.31. The van der Waals surface area contributed by atoms with Crippen molar-refractivity contribution in [3.05, 3.63) is 52.7 Å². The van der Waals surface area contributed by atoms with Crippen molar-refractivity contribution in [1.82, 2.24) is 10.1 Å². The molecule has 3 aromatic rings. The summed E-state index contributed by atoms with van der Waals surface area (Å²) in [5.74, 6) is -0.414. The number of carboxylic acid groups (broad SMARTS) is 1. The molecule has 0 spiro atoms. The molecule has 1 unspecified atom stereocenters.